The fourth-order valence-electron chi connectivity index (χ4n) is 5.62. The van der Waals surface area contributed by atoms with E-state index in [4.69, 9.17) is 9.47 Å². The van der Waals surface area contributed by atoms with E-state index >= 15 is 0 Å². The monoisotopic (exact) mass is 611 g/mol. The van der Waals surface area contributed by atoms with Crippen molar-refractivity contribution in [2.24, 2.45) is 5.92 Å². The molecule has 256 valence electrons. The third-order valence-corrected chi connectivity index (χ3v) is 8.52. The van der Waals surface area contributed by atoms with E-state index in [1.165, 1.54) is 148 Å². The Labute approximate surface area is 268 Å². The van der Waals surface area contributed by atoms with Crippen molar-refractivity contribution in [1.29, 1.82) is 0 Å². The molecular weight excluding hydrogens is 536 g/mol. The minimum atomic E-state index is -0.954. The summed E-state index contributed by atoms with van der Waals surface area (Å²) >= 11 is 0. The predicted molar refractivity (Wildman–Crippen MR) is 182 cm³/mol. The first-order valence-corrected chi connectivity index (χ1v) is 18.9. The highest BCUT2D eigenvalue weighted by atomic mass is 16.6. The molecule has 0 aromatic carbocycles. The Kier molecular flexibility index (Phi) is 32.9. The predicted octanol–water partition coefficient (Wildman–Crippen LogP) is 11.4. The second kappa shape index (κ2) is 33.8. The number of unbranched alkanes of at least 4 members (excludes halogenated alkanes) is 24. The second-order valence-electron chi connectivity index (χ2n) is 13.5. The molecule has 0 aliphatic rings. The van der Waals surface area contributed by atoms with Crippen molar-refractivity contribution in [2.75, 3.05) is 13.2 Å². The SMILES string of the molecule is CCCCCCCCCCCCCC(=O)OC[C@@H](O)COC(=O)CCCCCCCCCCCCCCCCCC(C)C. The van der Waals surface area contributed by atoms with E-state index < -0.39 is 6.10 Å². The van der Waals surface area contributed by atoms with Crippen LogP contribution in [-0.2, 0) is 19.1 Å². The number of hydrogen-bond donors (Lipinski definition) is 1. The number of rotatable bonds is 34. The lowest BCUT2D eigenvalue weighted by Gasteiger charge is -2.12. The molecule has 0 bridgehead atoms. The van der Waals surface area contributed by atoms with Crippen LogP contribution in [0.4, 0.5) is 0 Å². The maximum absolute atomic E-state index is 11.9. The third kappa shape index (κ3) is 35.3. The molecule has 0 saturated heterocycles. The Balaban J connectivity index is 3.37. The summed E-state index contributed by atoms with van der Waals surface area (Å²) in [4.78, 5) is 23.8. The quantitative estimate of drug-likeness (QED) is 0.0579. The highest BCUT2D eigenvalue weighted by molar-refractivity contribution is 5.69. The van der Waals surface area contributed by atoms with Gasteiger partial charge in [0.1, 0.15) is 19.3 Å². The molecule has 0 aliphatic heterocycles. The van der Waals surface area contributed by atoms with Gasteiger partial charge in [0.05, 0.1) is 0 Å². The Morgan fingerprint density at radius 1 is 0.465 bits per heavy atom. The van der Waals surface area contributed by atoms with E-state index in [-0.39, 0.29) is 25.2 Å². The van der Waals surface area contributed by atoms with Gasteiger partial charge in [-0.05, 0) is 18.8 Å². The number of aliphatic hydroxyl groups is 1. The maximum Gasteiger partial charge on any atom is 0.305 e. The molecule has 0 aromatic heterocycles. The molecular formula is C38H74O5. The van der Waals surface area contributed by atoms with E-state index in [9.17, 15) is 14.7 Å². The van der Waals surface area contributed by atoms with Crippen LogP contribution in [0.3, 0.4) is 0 Å². The van der Waals surface area contributed by atoms with Gasteiger partial charge in [-0.2, -0.15) is 0 Å². The molecule has 0 amide bonds. The van der Waals surface area contributed by atoms with Gasteiger partial charge >= 0.3 is 11.9 Å². The average molecular weight is 611 g/mol. The lowest BCUT2D eigenvalue weighted by Crippen LogP contribution is -2.25. The van der Waals surface area contributed by atoms with Crippen LogP contribution in [0.2, 0.25) is 0 Å². The van der Waals surface area contributed by atoms with Crippen molar-refractivity contribution in [3.05, 3.63) is 0 Å². The molecule has 0 aromatic rings. The van der Waals surface area contributed by atoms with Crippen LogP contribution in [0.5, 0.6) is 0 Å². The summed E-state index contributed by atoms with van der Waals surface area (Å²) in [6, 6.07) is 0. The number of carbonyl (C=O) groups is 2. The van der Waals surface area contributed by atoms with Gasteiger partial charge in [-0.25, -0.2) is 0 Å². The fourth-order valence-corrected chi connectivity index (χ4v) is 5.62. The Morgan fingerprint density at radius 3 is 1.05 bits per heavy atom. The molecule has 0 rings (SSSR count). The standard InChI is InChI=1S/C38H74O5/c1-4-5-6-7-8-9-15-19-22-25-28-31-37(40)42-33-36(39)34-43-38(41)32-29-26-23-20-17-14-12-10-11-13-16-18-21-24-27-30-35(2)3/h35-36,39H,4-34H2,1-3H3/t36-/m1/s1. The van der Waals surface area contributed by atoms with Gasteiger partial charge in [0, 0.05) is 12.8 Å². The van der Waals surface area contributed by atoms with Gasteiger partial charge < -0.3 is 14.6 Å². The topological polar surface area (TPSA) is 72.8 Å². The first kappa shape index (κ1) is 41.9. The zero-order valence-electron chi connectivity index (χ0n) is 29.2. The zero-order chi connectivity index (χ0) is 31.6. The zero-order valence-corrected chi connectivity index (χ0v) is 29.2. The smallest absolute Gasteiger partial charge is 0.305 e. The Bertz CT molecular complexity index is 591. The van der Waals surface area contributed by atoms with Crippen molar-refractivity contribution in [2.45, 2.75) is 213 Å². The van der Waals surface area contributed by atoms with Crippen LogP contribution in [-0.4, -0.2) is 36.4 Å². The maximum atomic E-state index is 11.9. The summed E-state index contributed by atoms with van der Waals surface area (Å²) in [6.45, 7) is 6.67. The van der Waals surface area contributed by atoms with Crippen LogP contribution in [0, 0.1) is 5.92 Å². The van der Waals surface area contributed by atoms with E-state index in [2.05, 4.69) is 20.8 Å². The van der Waals surface area contributed by atoms with E-state index in [1.54, 1.807) is 0 Å². The second-order valence-corrected chi connectivity index (χ2v) is 13.5. The van der Waals surface area contributed by atoms with Gasteiger partial charge in [0.2, 0.25) is 0 Å². The lowest BCUT2D eigenvalue weighted by atomic mass is 10.0. The highest BCUT2D eigenvalue weighted by Gasteiger charge is 2.12. The Hall–Kier alpha value is -1.10. The van der Waals surface area contributed by atoms with Crippen LogP contribution >= 0.6 is 0 Å². The van der Waals surface area contributed by atoms with Crippen molar-refractivity contribution in [3.8, 4) is 0 Å². The minimum absolute atomic E-state index is 0.108. The van der Waals surface area contributed by atoms with Gasteiger partial charge in [0.25, 0.3) is 0 Å². The number of ether oxygens (including phenoxy) is 2. The number of esters is 2. The summed E-state index contributed by atoms with van der Waals surface area (Å²) < 4.78 is 10.3. The van der Waals surface area contributed by atoms with Gasteiger partial charge in [-0.15, -0.1) is 0 Å². The van der Waals surface area contributed by atoms with E-state index in [0.29, 0.717) is 12.8 Å². The van der Waals surface area contributed by atoms with Crippen molar-refractivity contribution in [1.82, 2.24) is 0 Å². The molecule has 0 saturated carbocycles. The largest absolute Gasteiger partial charge is 0.463 e. The van der Waals surface area contributed by atoms with E-state index in [1.807, 2.05) is 0 Å². The number of carbonyl (C=O) groups excluding carboxylic acids is 2. The number of hydrogen-bond acceptors (Lipinski definition) is 5. The Morgan fingerprint density at radius 2 is 0.744 bits per heavy atom. The summed E-state index contributed by atoms with van der Waals surface area (Å²) in [5.74, 6) is 0.302. The molecule has 5 heteroatoms. The van der Waals surface area contributed by atoms with Crippen molar-refractivity contribution in [3.63, 3.8) is 0 Å². The minimum Gasteiger partial charge on any atom is -0.463 e. The fraction of sp³-hybridized carbons (Fsp3) is 0.947. The first-order chi connectivity index (χ1) is 21.0. The number of aliphatic hydroxyl groups excluding tert-OH is 1. The highest BCUT2D eigenvalue weighted by Crippen LogP contribution is 2.16. The van der Waals surface area contributed by atoms with Crippen molar-refractivity contribution >= 4 is 11.9 Å². The van der Waals surface area contributed by atoms with Crippen LogP contribution < -0.4 is 0 Å². The molecule has 0 radical (unpaired) electrons. The molecule has 0 aliphatic carbocycles. The van der Waals surface area contributed by atoms with E-state index in [0.717, 1.165) is 31.6 Å². The lowest BCUT2D eigenvalue weighted by molar-refractivity contribution is -0.152. The summed E-state index contributed by atoms with van der Waals surface area (Å²) in [5.41, 5.74) is 0. The molecule has 0 unspecified atom stereocenters. The molecule has 0 fully saturated rings. The van der Waals surface area contributed by atoms with Crippen LogP contribution in [0.15, 0.2) is 0 Å². The summed E-state index contributed by atoms with van der Waals surface area (Å²) in [6.07, 6.45) is 34.4. The van der Waals surface area contributed by atoms with Gasteiger partial charge in [-0.3, -0.25) is 9.59 Å². The molecule has 1 N–H and O–H groups in total. The molecule has 1 atom stereocenters. The van der Waals surface area contributed by atoms with Gasteiger partial charge in [-0.1, -0.05) is 181 Å². The third-order valence-electron chi connectivity index (χ3n) is 8.52. The molecule has 5 nitrogen and oxygen atoms in total. The van der Waals surface area contributed by atoms with Crippen LogP contribution in [0.25, 0.3) is 0 Å². The molecule has 0 heterocycles. The van der Waals surface area contributed by atoms with Gasteiger partial charge in [0.15, 0.2) is 0 Å². The average Bonchev–Trinajstić information content (AvgIpc) is 2.99. The summed E-state index contributed by atoms with van der Waals surface area (Å²) in [5, 5.41) is 9.98. The van der Waals surface area contributed by atoms with Crippen molar-refractivity contribution < 1.29 is 24.2 Å². The normalized spacial score (nSPS) is 12.1. The molecule has 43 heavy (non-hydrogen) atoms. The summed E-state index contributed by atoms with van der Waals surface area (Å²) in [7, 11) is 0. The molecule has 0 spiro atoms. The first-order valence-electron chi connectivity index (χ1n) is 18.9. The van der Waals surface area contributed by atoms with Crippen LogP contribution in [0.1, 0.15) is 207 Å².